The van der Waals surface area contributed by atoms with Crippen molar-refractivity contribution < 1.29 is 14.7 Å². The average molecular weight is 227 g/mol. The van der Waals surface area contributed by atoms with Crippen molar-refractivity contribution in [2.75, 3.05) is 13.1 Å². The maximum atomic E-state index is 11.5. The van der Waals surface area contributed by atoms with Gasteiger partial charge in [0.05, 0.1) is 6.54 Å². The molecule has 1 rings (SSSR count). The molecule has 0 saturated heterocycles. The molecular weight excluding hydrogens is 214 g/mol. The van der Waals surface area contributed by atoms with Crippen LogP contribution in [-0.2, 0) is 11.3 Å². The molecule has 1 aromatic rings. The first-order chi connectivity index (χ1) is 7.63. The molecule has 8 nitrogen and oxygen atoms in total. The smallest absolute Gasteiger partial charge is 0.323 e. The number of H-pyrrole nitrogens is 1. The number of hydrogen-bond acceptors (Lipinski definition) is 4. The van der Waals surface area contributed by atoms with Crippen LogP contribution in [-0.4, -0.2) is 50.3 Å². The number of urea groups is 1. The summed E-state index contributed by atoms with van der Waals surface area (Å²) in [5.74, 6) is -0.531. The van der Waals surface area contributed by atoms with Crippen molar-refractivity contribution in [3.05, 3.63) is 12.2 Å². The molecule has 1 heterocycles. The highest BCUT2D eigenvalue weighted by molar-refractivity contribution is 5.79. The van der Waals surface area contributed by atoms with E-state index in [2.05, 4.69) is 20.5 Å². The summed E-state index contributed by atoms with van der Waals surface area (Å²) in [6, 6.07) is -0.443. The maximum absolute atomic E-state index is 11.5. The Morgan fingerprint density at radius 3 is 2.88 bits per heavy atom. The second kappa shape index (κ2) is 5.69. The van der Waals surface area contributed by atoms with Gasteiger partial charge in [-0.15, -0.1) is 0 Å². The predicted molar refractivity (Wildman–Crippen MR) is 53.5 cm³/mol. The van der Waals surface area contributed by atoms with Crippen LogP contribution >= 0.6 is 0 Å². The zero-order valence-corrected chi connectivity index (χ0v) is 8.80. The number of carbonyl (C=O) groups excluding carboxylic acids is 1. The van der Waals surface area contributed by atoms with Crippen LogP contribution in [0.2, 0.25) is 0 Å². The first-order valence-electron chi connectivity index (χ1n) is 4.72. The average Bonchev–Trinajstić information content (AvgIpc) is 2.75. The molecule has 0 aliphatic rings. The predicted octanol–water partition coefficient (Wildman–Crippen LogP) is -0.579. The Labute approximate surface area is 91.7 Å². The van der Waals surface area contributed by atoms with E-state index in [-0.39, 0.29) is 13.1 Å². The number of carboxylic acids is 1. The number of carboxylic acid groups (broad SMARTS) is 1. The van der Waals surface area contributed by atoms with Crippen molar-refractivity contribution in [2.24, 2.45) is 0 Å². The topological polar surface area (TPSA) is 111 Å². The highest BCUT2D eigenvalue weighted by Crippen LogP contribution is 1.91. The molecule has 0 unspecified atom stereocenters. The van der Waals surface area contributed by atoms with Crippen molar-refractivity contribution in [2.45, 2.75) is 13.5 Å². The Hall–Kier alpha value is -2.12. The largest absolute Gasteiger partial charge is 0.480 e. The minimum Gasteiger partial charge on any atom is -0.480 e. The van der Waals surface area contributed by atoms with E-state index in [9.17, 15) is 9.59 Å². The molecule has 0 atom stereocenters. The number of carbonyl (C=O) groups is 2. The van der Waals surface area contributed by atoms with Crippen LogP contribution in [0.15, 0.2) is 6.33 Å². The summed E-state index contributed by atoms with van der Waals surface area (Å²) in [5, 5.41) is 17.3. The SMILES string of the molecule is CCN(CC(=O)O)C(=O)NCc1ncn[nH]1. The van der Waals surface area contributed by atoms with E-state index in [0.717, 1.165) is 0 Å². The lowest BCUT2D eigenvalue weighted by molar-refractivity contribution is -0.137. The summed E-state index contributed by atoms with van der Waals surface area (Å²) in [6.45, 7) is 1.90. The molecule has 3 N–H and O–H groups in total. The molecule has 0 saturated carbocycles. The fraction of sp³-hybridized carbons (Fsp3) is 0.500. The van der Waals surface area contributed by atoms with Crippen molar-refractivity contribution in [1.29, 1.82) is 0 Å². The Bertz CT molecular complexity index is 351. The number of aromatic amines is 1. The van der Waals surface area contributed by atoms with Gasteiger partial charge in [-0.1, -0.05) is 0 Å². The molecule has 8 heteroatoms. The Morgan fingerprint density at radius 2 is 2.38 bits per heavy atom. The van der Waals surface area contributed by atoms with Crippen LogP contribution in [0.3, 0.4) is 0 Å². The van der Waals surface area contributed by atoms with E-state index in [1.54, 1.807) is 6.92 Å². The summed E-state index contributed by atoms with van der Waals surface area (Å²) in [6.07, 6.45) is 1.33. The van der Waals surface area contributed by atoms with Crippen LogP contribution < -0.4 is 5.32 Å². The minimum atomic E-state index is -1.04. The summed E-state index contributed by atoms with van der Waals surface area (Å²) in [7, 11) is 0. The lowest BCUT2D eigenvalue weighted by Gasteiger charge is -2.18. The number of rotatable bonds is 5. The van der Waals surface area contributed by atoms with Crippen LogP contribution in [0.5, 0.6) is 0 Å². The zero-order valence-electron chi connectivity index (χ0n) is 8.80. The van der Waals surface area contributed by atoms with Crippen molar-refractivity contribution in [3.63, 3.8) is 0 Å². The molecule has 0 aliphatic heterocycles. The molecule has 16 heavy (non-hydrogen) atoms. The fourth-order valence-electron chi connectivity index (χ4n) is 1.08. The van der Waals surface area contributed by atoms with Gasteiger partial charge in [-0.05, 0) is 6.92 Å². The number of likely N-dealkylation sites (N-methyl/N-ethyl adjacent to an activating group) is 1. The quantitative estimate of drug-likeness (QED) is 0.623. The Morgan fingerprint density at radius 1 is 1.62 bits per heavy atom. The first-order valence-corrected chi connectivity index (χ1v) is 4.72. The summed E-state index contributed by atoms with van der Waals surface area (Å²) in [4.78, 5) is 26.9. The molecule has 0 aromatic carbocycles. The number of amides is 2. The van der Waals surface area contributed by atoms with Crippen molar-refractivity contribution >= 4 is 12.0 Å². The van der Waals surface area contributed by atoms with Gasteiger partial charge in [-0.3, -0.25) is 9.89 Å². The molecule has 0 spiro atoms. The first kappa shape index (κ1) is 12.0. The van der Waals surface area contributed by atoms with Gasteiger partial charge in [-0.2, -0.15) is 5.10 Å². The molecule has 0 fully saturated rings. The number of nitrogens with zero attached hydrogens (tertiary/aromatic N) is 3. The van der Waals surface area contributed by atoms with Crippen molar-refractivity contribution in [3.8, 4) is 0 Å². The van der Waals surface area contributed by atoms with Gasteiger partial charge in [0, 0.05) is 6.54 Å². The van der Waals surface area contributed by atoms with Gasteiger partial charge in [0.1, 0.15) is 18.7 Å². The van der Waals surface area contributed by atoms with Crippen molar-refractivity contribution in [1.82, 2.24) is 25.4 Å². The second-order valence-corrected chi connectivity index (χ2v) is 3.00. The molecule has 0 radical (unpaired) electrons. The minimum absolute atomic E-state index is 0.189. The standard InChI is InChI=1S/C8H13N5O3/c1-2-13(4-7(14)15)8(16)9-3-6-10-5-11-12-6/h5H,2-4H2,1H3,(H,9,16)(H,14,15)(H,10,11,12). The van der Waals surface area contributed by atoms with E-state index in [0.29, 0.717) is 12.4 Å². The van der Waals surface area contributed by atoms with Crippen LogP contribution in [0.25, 0.3) is 0 Å². The maximum Gasteiger partial charge on any atom is 0.323 e. The number of aliphatic carboxylic acids is 1. The molecule has 2 amide bonds. The molecule has 0 aliphatic carbocycles. The van der Waals surface area contributed by atoms with Gasteiger partial charge in [0.15, 0.2) is 0 Å². The van der Waals surface area contributed by atoms with E-state index < -0.39 is 12.0 Å². The molecule has 1 aromatic heterocycles. The third-order valence-corrected chi connectivity index (χ3v) is 1.87. The Kier molecular flexibility index (Phi) is 4.25. The van der Waals surface area contributed by atoms with Gasteiger partial charge in [0.2, 0.25) is 0 Å². The monoisotopic (exact) mass is 227 g/mol. The van der Waals surface area contributed by atoms with Gasteiger partial charge < -0.3 is 15.3 Å². The van der Waals surface area contributed by atoms with E-state index >= 15 is 0 Å². The highest BCUT2D eigenvalue weighted by Gasteiger charge is 2.14. The lowest BCUT2D eigenvalue weighted by atomic mass is 10.5. The normalized spacial score (nSPS) is 9.81. The Balaban J connectivity index is 2.40. The van der Waals surface area contributed by atoms with Crippen LogP contribution in [0.1, 0.15) is 12.7 Å². The van der Waals surface area contributed by atoms with E-state index in [1.807, 2.05) is 0 Å². The van der Waals surface area contributed by atoms with Gasteiger partial charge in [0.25, 0.3) is 0 Å². The molecular formula is C8H13N5O3. The van der Waals surface area contributed by atoms with Gasteiger partial charge in [-0.25, -0.2) is 9.78 Å². The fourth-order valence-corrected chi connectivity index (χ4v) is 1.08. The second-order valence-electron chi connectivity index (χ2n) is 3.00. The third-order valence-electron chi connectivity index (χ3n) is 1.87. The summed E-state index contributed by atoms with van der Waals surface area (Å²) >= 11 is 0. The number of hydrogen-bond donors (Lipinski definition) is 3. The van der Waals surface area contributed by atoms with Gasteiger partial charge >= 0.3 is 12.0 Å². The van der Waals surface area contributed by atoms with Crippen LogP contribution in [0.4, 0.5) is 4.79 Å². The van der Waals surface area contributed by atoms with E-state index in [1.165, 1.54) is 11.2 Å². The summed E-state index contributed by atoms with van der Waals surface area (Å²) in [5.41, 5.74) is 0. The molecule has 0 bridgehead atoms. The highest BCUT2D eigenvalue weighted by atomic mass is 16.4. The van der Waals surface area contributed by atoms with E-state index in [4.69, 9.17) is 5.11 Å². The lowest BCUT2D eigenvalue weighted by Crippen LogP contribution is -2.42. The third kappa shape index (κ3) is 3.56. The number of nitrogens with one attached hydrogen (secondary N) is 2. The summed E-state index contributed by atoms with van der Waals surface area (Å²) < 4.78 is 0. The van der Waals surface area contributed by atoms with Crippen LogP contribution in [0, 0.1) is 0 Å². The number of aromatic nitrogens is 3. The zero-order chi connectivity index (χ0) is 12.0. The molecule has 88 valence electrons.